The number of nitrogens with two attached hydrogens (primary N) is 1. The van der Waals surface area contributed by atoms with Gasteiger partial charge in [0.1, 0.15) is 5.76 Å². The molecule has 1 unspecified atom stereocenters. The fraction of sp³-hybridized carbons (Fsp3) is 0.750. The van der Waals surface area contributed by atoms with E-state index in [1.54, 1.807) is 0 Å². The average molecular weight is 255 g/mol. The van der Waals surface area contributed by atoms with Crippen molar-refractivity contribution < 1.29 is 4.74 Å². The van der Waals surface area contributed by atoms with Crippen LogP contribution in [0.1, 0.15) is 68.2 Å². The van der Waals surface area contributed by atoms with Gasteiger partial charge in [-0.3, -0.25) is 0 Å². The molecule has 0 fully saturated rings. The summed E-state index contributed by atoms with van der Waals surface area (Å²) in [5.74, 6) is 1.41. The zero-order valence-corrected chi connectivity index (χ0v) is 13.6. The summed E-state index contributed by atoms with van der Waals surface area (Å²) < 4.78 is 5.69. The van der Waals surface area contributed by atoms with Crippen LogP contribution in [-0.2, 0) is 4.74 Å². The lowest BCUT2D eigenvalue weighted by Gasteiger charge is -2.16. The van der Waals surface area contributed by atoms with E-state index in [1.165, 1.54) is 18.4 Å². The molecule has 0 saturated heterocycles. The van der Waals surface area contributed by atoms with Gasteiger partial charge in [0.15, 0.2) is 0 Å². The number of hydrogen-bond donors (Lipinski definition) is 1. The number of hydrogen-bond acceptors (Lipinski definition) is 2. The van der Waals surface area contributed by atoms with Gasteiger partial charge in [-0.15, -0.1) is 0 Å². The molecule has 0 amide bonds. The van der Waals surface area contributed by atoms with Crippen LogP contribution in [-0.4, -0.2) is 6.10 Å². The molecular weight excluding hydrogens is 222 g/mol. The molecule has 0 aliphatic rings. The summed E-state index contributed by atoms with van der Waals surface area (Å²) in [6, 6.07) is 0. The molecular formula is C16H33NO. The van der Waals surface area contributed by atoms with Gasteiger partial charge in [0, 0.05) is 5.70 Å². The molecule has 0 aliphatic heterocycles. The van der Waals surface area contributed by atoms with Crippen molar-refractivity contribution in [3.8, 4) is 0 Å². The molecule has 2 heteroatoms. The second kappa shape index (κ2) is 11.2. The first-order valence-electron chi connectivity index (χ1n) is 7.19. The summed E-state index contributed by atoms with van der Waals surface area (Å²) in [5.41, 5.74) is 7.90. The first-order chi connectivity index (χ1) is 8.38. The normalized spacial score (nSPS) is 14.6. The quantitative estimate of drug-likeness (QED) is 0.535. The minimum absolute atomic E-state index is 0.166. The Morgan fingerprint density at radius 2 is 1.67 bits per heavy atom. The third kappa shape index (κ3) is 9.15. The van der Waals surface area contributed by atoms with Crippen molar-refractivity contribution in [1.29, 1.82) is 0 Å². The standard InChI is InChI=1S/C14H27NO.C2H6/c1-7-8-11(4)12(5)9-14(13(6)15)16-10(2)3;1-2/h9-11H,7-8,15H2,1-6H3;1-2H3/b12-9+,14-13-;. The summed E-state index contributed by atoms with van der Waals surface area (Å²) in [6.07, 6.45) is 4.66. The van der Waals surface area contributed by atoms with Gasteiger partial charge in [-0.25, -0.2) is 0 Å². The Morgan fingerprint density at radius 1 is 1.17 bits per heavy atom. The van der Waals surface area contributed by atoms with Crippen molar-refractivity contribution in [2.45, 2.75) is 74.3 Å². The highest BCUT2D eigenvalue weighted by Crippen LogP contribution is 2.19. The summed E-state index contributed by atoms with van der Waals surface area (Å²) >= 11 is 0. The molecule has 0 saturated carbocycles. The summed E-state index contributed by atoms with van der Waals surface area (Å²) in [4.78, 5) is 0. The maximum absolute atomic E-state index is 5.82. The van der Waals surface area contributed by atoms with Gasteiger partial charge >= 0.3 is 0 Å². The van der Waals surface area contributed by atoms with Crippen molar-refractivity contribution in [3.05, 3.63) is 23.1 Å². The van der Waals surface area contributed by atoms with Crippen LogP contribution in [0, 0.1) is 5.92 Å². The Balaban J connectivity index is 0. The molecule has 0 aliphatic carbocycles. The maximum Gasteiger partial charge on any atom is 0.138 e. The van der Waals surface area contributed by atoms with Crippen molar-refractivity contribution in [3.63, 3.8) is 0 Å². The van der Waals surface area contributed by atoms with Crippen molar-refractivity contribution in [1.82, 2.24) is 0 Å². The molecule has 0 spiro atoms. The number of ether oxygens (including phenoxy) is 1. The molecule has 2 N–H and O–H groups in total. The second-order valence-electron chi connectivity index (χ2n) is 4.79. The summed E-state index contributed by atoms with van der Waals surface area (Å²) in [5, 5.41) is 0. The topological polar surface area (TPSA) is 35.2 Å². The lowest BCUT2D eigenvalue weighted by atomic mass is 9.97. The fourth-order valence-corrected chi connectivity index (χ4v) is 1.50. The predicted octanol–water partition coefficient (Wildman–Crippen LogP) is 5.01. The Kier molecular flexibility index (Phi) is 12.1. The van der Waals surface area contributed by atoms with E-state index in [4.69, 9.17) is 10.5 Å². The SMILES string of the molecule is CC.CCCC(C)/C(C)=C/C(OC(C)C)=C(\C)N. The maximum atomic E-state index is 5.82. The fourth-order valence-electron chi connectivity index (χ4n) is 1.50. The van der Waals surface area contributed by atoms with Crippen LogP contribution in [0.5, 0.6) is 0 Å². The second-order valence-corrected chi connectivity index (χ2v) is 4.79. The lowest BCUT2D eigenvalue weighted by molar-refractivity contribution is 0.154. The average Bonchev–Trinajstić information content (AvgIpc) is 2.30. The van der Waals surface area contributed by atoms with Crippen LogP contribution in [0.15, 0.2) is 23.1 Å². The van der Waals surface area contributed by atoms with Crippen LogP contribution >= 0.6 is 0 Å². The molecule has 0 radical (unpaired) electrons. The van der Waals surface area contributed by atoms with E-state index < -0.39 is 0 Å². The molecule has 18 heavy (non-hydrogen) atoms. The first-order valence-corrected chi connectivity index (χ1v) is 7.19. The third-order valence-electron chi connectivity index (χ3n) is 2.61. The molecule has 1 atom stereocenters. The van der Waals surface area contributed by atoms with Crippen molar-refractivity contribution in [2.75, 3.05) is 0 Å². The minimum Gasteiger partial charge on any atom is -0.489 e. The van der Waals surface area contributed by atoms with E-state index in [1.807, 2.05) is 34.6 Å². The Labute approximate surface area is 114 Å². The summed E-state index contributed by atoms with van der Waals surface area (Å²) in [7, 11) is 0. The molecule has 0 rings (SSSR count). The highest BCUT2D eigenvalue weighted by atomic mass is 16.5. The van der Waals surface area contributed by atoms with Crippen LogP contribution in [0.3, 0.4) is 0 Å². The van der Waals surface area contributed by atoms with E-state index >= 15 is 0 Å². The molecule has 0 aromatic rings. The Bertz CT molecular complexity index is 260. The van der Waals surface area contributed by atoms with E-state index in [0.717, 1.165) is 11.5 Å². The molecule has 108 valence electrons. The minimum atomic E-state index is 0.166. The van der Waals surface area contributed by atoms with Crippen LogP contribution in [0.25, 0.3) is 0 Å². The molecule has 0 aromatic carbocycles. The number of rotatable bonds is 6. The van der Waals surface area contributed by atoms with E-state index in [2.05, 4.69) is 26.8 Å². The van der Waals surface area contributed by atoms with Crippen LogP contribution in [0.4, 0.5) is 0 Å². The first kappa shape index (κ1) is 19.4. The van der Waals surface area contributed by atoms with Gasteiger partial charge in [-0.05, 0) is 46.1 Å². The largest absolute Gasteiger partial charge is 0.489 e. The van der Waals surface area contributed by atoms with E-state index in [-0.39, 0.29) is 6.10 Å². The van der Waals surface area contributed by atoms with Crippen molar-refractivity contribution >= 4 is 0 Å². The van der Waals surface area contributed by atoms with Gasteiger partial charge in [0.05, 0.1) is 6.10 Å². The zero-order chi connectivity index (χ0) is 14.7. The van der Waals surface area contributed by atoms with E-state index in [0.29, 0.717) is 5.92 Å². The van der Waals surface area contributed by atoms with Crippen molar-refractivity contribution in [2.24, 2.45) is 11.7 Å². The van der Waals surface area contributed by atoms with Crippen LogP contribution in [0.2, 0.25) is 0 Å². The third-order valence-corrected chi connectivity index (χ3v) is 2.61. The monoisotopic (exact) mass is 255 g/mol. The van der Waals surface area contributed by atoms with Gasteiger partial charge < -0.3 is 10.5 Å². The zero-order valence-electron chi connectivity index (χ0n) is 13.6. The van der Waals surface area contributed by atoms with Gasteiger partial charge in [0.25, 0.3) is 0 Å². The number of allylic oxidation sites excluding steroid dienone is 3. The van der Waals surface area contributed by atoms with Gasteiger partial charge in [-0.1, -0.05) is 39.7 Å². The van der Waals surface area contributed by atoms with E-state index in [9.17, 15) is 0 Å². The Hall–Kier alpha value is -0.920. The smallest absolute Gasteiger partial charge is 0.138 e. The highest BCUT2D eigenvalue weighted by Gasteiger charge is 2.07. The molecule has 0 bridgehead atoms. The highest BCUT2D eigenvalue weighted by molar-refractivity contribution is 5.22. The molecule has 2 nitrogen and oxygen atoms in total. The Morgan fingerprint density at radius 3 is 2.00 bits per heavy atom. The van der Waals surface area contributed by atoms with Crippen LogP contribution < -0.4 is 5.73 Å². The molecule has 0 heterocycles. The predicted molar refractivity (Wildman–Crippen MR) is 82.3 cm³/mol. The molecule has 0 aromatic heterocycles. The lowest BCUT2D eigenvalue weighted by Crippen LogP contribution is -2.08. The van der Waals surface area contributed by atoms with Gasteiger partial charge in [-0.2, -0.15) is 0 Å². The summed E-state index contributed by atoms with van der Waals surface area (Å²) in [6.45, 7) is 16.5. The van der Waals surface area contributed by atoms with Gasteiger partial charge in [0.2, 0.25) is 0 Å².